The van der Waals surface area contributed by atoms with Gasteiger partial charge in [-0.05, 0) is 36.4 Å². The van der Waals surface area contributed by atoms with Crippen LogP contribution in [-0.2, 0) is 9.84 Å². The lowest BCUT2D eigenvalue weighted by Crippen LogP contribution is -2.13. The maximum absolute atomic E-state index is 12.4. The van der Waals surface area contributed by atoms with Crippen LogP contribution in [0.1, 0.15) is 17.4 Å². The van der Waals surface area contributed by atoms with E-state index in [1.807, 2.05) is 0 Å². The number of aromatic amines is 1. The first-order valence-corrected chi connectivity index (χ1v) is 10.0. The number of amides is 1. The van der Waals surface area contributed by atoms with E-state index in [9.17, 15) is 18.3 Å². The van der Waals surface area contributed by atoms with Gasteiger partial charge in [-0.1, -0.05) is 30.7 Å². The van der Waals surface area contributed by atoms with Gasteiger partial charge in [0.15, 0.2) is 9.84 Å². The molecule has 0 saturated heterocycles. The molecule has 9 heteroatoms. The first-order chi connectivity index (χ1) is 12.8. The van der Waals surface area contributed by atoms with Crippen molar-refractivity contribution in [3.63, 3.8) is 0 Å². The van der Waals surface area contributed by atoms with Crippen LogP contribution in [0, 0.1) is 0 Å². The minimum Gasteiger partial charge on any atom is -0.506 e. The van der Waals surface area contributed by atoms with E-state index in [2.05, 4.69) is 15.5 Å². The molecule has 0 aliphatic heterocycles. The third kappa shape index (κ3) is 4.12. The molecule has 2 aromatic carbocycles. The smallest absolute Gasteiger partial charge is 0.273 e. The minimum atomic E-state index is -3.47. The van der Waals surface area contributed by atoms with Crippen molar-refractivity contribution in [2.45, 2.75) is 11.8 Å². The van der Waals surface area contributed by atoms with Crippen molar-refractivity contribution in [1.29, 1.82) is 0 Å². The highest BCUT2D eigenvalue weighted by atomic mass is 35.5. The van der Waals surface area contributed by atoms with Gasteiger partial charge in [0.05, 0.1) is 22.0 Å². The van der Waals surface area contributed by atoms with Gasteiger partial charge in [-0.25, -0.2) is 8.42 Å². The number of anilines is 1. The number of hydrogen-bond acceptors (Lipinski definition) is 5. The van der Waals surface area contributed by atoms with Crippen molar-refractivity contribution < 1.29 is 18.3 Å². The van der Waals surface area contributed by atoms with Crippen molar-refractivity contribution in [2.24, 2.45) is 0 Å². The van der Waals surface area contributed by atoms with Crippen LogP contribution >= 0.6 is 11.6 Å². The van der Waals surface area contributed by atoms with Crippen molar-refractivity contribution in [3.8, 4) is 17.0 Å². The molecule has 3 rings (SSSR count). The van der Waals surface area contributed by atoms with E-state index in [1.54, 1.807) is 30.3 Å². The molecule has 0 aliphatic rings. The van der Waals surface area contributed by atoms with E-state index < -0.39 is 15.7 Å². The van der Waals surface area contributed by atoms with Gasteiger partial charge in [-0.2, -0.15) is 5.10 Å². The summed E-state index contributed by atoms with van der Waals surface area (Å²) >= 11 is 5.86. The Bertz CT molecular complexity index is 1090. The van der Waals surface area contributed by atoms with Crippen molar-refractivity contribution in [1.82, 2.24) is 10.2 Å². The number of nitrogens with one attached hydrogen (secondary N) is 2. The second-order valence-electron chi connectivity index (χ2n) is 5.71. The molecule has 0 atom stereocenters. The van der Waals surface area contributed by atoms with Gasteiger partial charge in [0.1, 0.15) is 11.4 Å². The van der Waals surface area contributed by atoms with Crippen molar-refractivity contribution >= 4 is 33.0 Å². The average Bonchev–Trinajstić information content (AvgIpc) is 3.14. The molecule has 3 N–H and O–H groups in total. The zero-order valence-corrected chi connectivity index (χ0v) is 15.8. The van der Waals surface area contributed by atoms with E-state index >= 15 is 0 Å². The molecule has 140 valence electrons. The van der Waals surface area contributed by atoms with Gasteiger partial charge < -0.3 is 10.4 Å². The van der Waals surface area contributed by atoms with Gasteiger partial charge in [0.25, 0.3) is 5.91 Å². The Balaban J connectivity index is 1.84. The monoisotopic (exact) mass is 405 g/mol. The van der Waals surface area contributed by atoms with Crippen LogP contribution < -0.4 is 5.32 Å². The third-order valence-electron chi connectivity index (χ3n) is 3.92. The molecule has 27 heavy (non-hydrogen) atoms. The van der Waals surface area contributed by atoms with Gasteiger partial charge in [-0.15, -0.1) is 0 Å². The summed E-state index contributed by atoms with van der Waals surface area (Å²) < 4.78 is 24.0. The first kappa shape index (κ1) is 18.9. The first-order valence-electron chi connectivity index (χ1n) is 7.98. The Morgan fingerprint density at radius 2 is 1.89 bits per heavy atom. The summed E-state index contributed by atoms with van der Waals surface area (Å²) in [5, 5.41) is 19.7. The van der Waals surface area contributed by atoms with Gasteiger partial charge in [-0.3, -0.25) is 9.89 Å². The minimum absolute atomic E-state index is 0.00262. The number of sulfone groups is 1. The topological polar surface area (TPSA) is 112 Å². The highest BCUT2D eigenvalue weighted by molar-refractivity contribution is 7.91. The molecule has 0 spiro atoms. The van der Waals surface area contributed by atoms with Crippen LogP contribution in [0.3, 0.4) is 0 Å². The van der Waals surface area contributed by atoms with E-state index in [1.165, 1.54) is 25.1 Å². The van der Waals surface area contributed by atoms with Gasteiger partial charge in [0.2, 0.25) is 0 Å². The summed E-state index contributed by atoms with van der Waals surface area (Å²) in [6, 6.07) is 12.2. The number of carbonyl (C=O) groups excluding carboxylic acids is 1. The van der Waals surface area contributed by atoms with Gasteiger partial charge in [0, 0.05) is 10.6 Å². The second kappa shape index (κ2) is 7.42. The van der Waals surface area contributed by atoms with E-state index in [-0.39, 0.29) is 27.8 Å². The lowest BCUT2D eigenvalue weighted by molar-refractivity contribution is 0.102. The molecule has 0 aliphatic carbocycles. The van der Waals surface area contributed by atoms with Crippen LogP contribution in [-0.4, -0.2) is 35.4 Å². The van der Waals surface area contributed by atoms with Crippen LogP contribution in [0.4, 0.5) is 5.69 Å². The van der Waals surface area contributed by atoms with Crippen LogP contribution in [0.5, 0.6) is 5.75 Å². The number of rotatable bonds is 5. The average molecular weight is 406 g/mol. The number of halogens is 1. The molecule has 1 aromatic heterocycles. The van der Waals surface area contributed by atoms with E-state index in [0.29, 0.717) is 10.7 Å². The highest BCUT2D eigenvalue weighted by Gasteiger charge is 2.17. The van der Waals surface area contributed by atoms with E-state index in [0.717, 1.165) is 5.56 Å². The molecule has 1 heterocycles. The number of carbonyl (C=O) groups is 1. The molecule has 0 fully saturated rings. The Labute approximate surface area is 160 Å². The predicted octanol–water partition coefficient (Wildman–Crippen LogP) is 3.48. The summed E-state index contributed by atoms with van der Waals surface area (Å²) in [4.78, 5) is 12.4. The lowest BCUT2D eigenvalue weighted by Gasteiger charge is -2.08. The fraction of sp³-hybridized carbons (Fsp3) is 0.111. The quantitative estimate of drug-likeness (QED) is 0.562. The SMILES string of the molecule is CCS(=O)(=O)c1ccc(O)c(NC(=O)c2cc(-c3ccc(Cl)cc3)n[nH]2)c1. The number of aromatic hydroxyl groups is 1. The van der Waals surface area contributed by atoms with Crippen LogP contribution in [0.15, 0.2) is 53.4 Å². The molecule has 1 amide bonds. The molecule has 7 nitrogen and oxygen atoms in total. The predicted molar refractivity (Wildman–Crippen MR) is 103 cm³/mol. The Hall–Kier alpha value is -2.84. The van der Waals surface area contributed by atoms with Crippen LogP contribution in [0.25, 0.3) is 11.3 Å². The zero-order chi connectivity index (χ0) is 19.6. The molecule has 0 unspecified atom stereocenters. The Kier molecular flexibility index (Phi) is 5.20. The number of aromatic nitrogens is 2. The van der Waals surface area contributed by atoms with E-state index in [4.69, 9.17) is 11.6 Å². The number of hydrogen-bond donors (Lipinski definition) is 3. The molecular formula is C18H16ClN3O4S. The van der Waals surface area contributed by atoms with Crippen LogP contribution in [0.2, 0.25) is 5.02 Å². The maximum Gasteiger partial charge on any atom is 0.273 e. The normalized spacial score (nSPS) is 11.3. The molecular weight excluding hydrogens is 390 g/mol. The number of H-pyrrole nitrogens is 1. The lowest BCUT2D eigenvalue weighted by atomic mass is 10.1. The summed E-state index contributed by atoms with van der Waals surface area (Å²) in [6.07, 6.45) is 0. The maximum atomic E-state index is 12.4. The molecule has 0 radical (unpaired) electrons. The number of nitrogens with zero attached hydrogens (tertiary/aromatic N) is 1. The second-order valence-corrected chi connectivity index (χ2v) is 8.42. The molecule has 3 aromatic rings. The third-order valence-corrected chi connectivity index (χ3v) is 5.90. The van der Waals surface area contributed by atoms with Crippen molar-refractivity contribution in [3.05, 3.63) is 59.2 Å². The van der Waals surface area contributed by atoms with Gasteiger partial charge >= 0.3 is 0 Å². The fourth-order valence-electron chi connectivity index (χ4n) is 2.37. The molecule has 0 saturated carbocycles. The van der Waals surface area contributed by atoms with Crippen molar-refractivity contribution in [2.75, 3.05) is 11.1 Å². The number of benzene rings is 2. The summed E-state index contributed by atoms with van der Waals surface area (Å²) in [5.41, 5.74) is 1.47. The Morgan fingerprint density at radius 3 is 2.56 bits per heavy atom. The largest absolute Gasteiger partial charge is 0.506 e. The Morgan fingerprint density at radius 1 is 1.19 bits per heavy atom. The standard InChI is InChI=1S/C18H16ClN3O4S/c1-2-27(25,26)13-7-8-17(23)15(9-13)20-18(24)16-10-14(21-22-16)11-3-5-12(19)6-4-11/h3-10,23H,2H2,1H3,(H,20,24)(H,21,22). The zero-order valence-electron chi connectivity index (χ0n) is 14.2. The summed E-state index contributed by atoms with van der Waals surface area (Å²) in [5.74, 6) is -0.893. The highest BCUT2D eigenvalue weighted by Crippen LogP contribution is 2.28. The molecule has 0 bridgehead atoms. The summed E-state index contributed by atoms with van der Waals surface area (Å²) in [6.45, 7) is 1.52. The number of phenols is 1. The summed E-state index contributed by atoms with van der Waals surface area (Å²) in [7, 11) is -3.47. The number of phenolic OH excluding ortho intramolecular Hbond substituents is 1. The fourth-order valence-corrected chi connectivity index (χ4v) is 3.40.